The van der Waals surface area contributed by atoms with Gasteiger partial charge in [-0.2, -0.15) is 0 Å². The summed E-state index contributed by atoms with van der Waals surface area (Å²) in [5.74, 6) is 1.41. The van der Waals surface area contributed by atoms with Crippen LogP contribution in [0.5, 0.6) is 5.75 Å². The second kappa shape index (κ2) is 4.78. The highest BCUT2D eigenvalue weighted by atomic mass is 16.3. The van der Waals surface area contributed by atoms with E-state index in [4.69, 9.17) is 0 Å². The summed E-state index contributed by atoms with van der Waals surface area (Å²) in [6.07, 6.45) is 1.19. The minimum atomic E-state index is 0.0726. The van der Waals surface area contributed by atoms with Gasteiger partial charge < -0.3 is 10.0 Å². The van der Waals surface area contributed by atoms with E-state index in [-0.39, 0.29) is 11.7 Å². The third kappa shape index (κ3) is 2.78. The predicted octanol–water partition coefficient (Wildman–Crippen LogP) is 2.51. The maximum Gasteiger partial charge on any atom is 0.253 e. The first-order chi connectivity index (χ1) is 8.06. The van der Waals surface area contributed by atoms with E-state index in [0.29, 0.717) is 17.4 Å². The molecule has 1 aliphatic rings. The molecule has 1 heterocycles. The smallest absolute Gasteiger partial charge is 0.253 e. The number of carbonyl (C=O) groups is 1. The average molecular weight is 233 g/mol. The fraction of sp³-hybridized carbons (Fsp3) is 0.500. The summed E-state index contributed by atoms with van der Waals surface area (Å²) in [5.41, 5.74) is 0.657. The van der Waals surface area contributed by atoms with Gasteiger partial charge in [0.1, 0.15) is 5.75 Å². The Labute approximate surface area is 102 Å². The summed E-state index contributed by atoms with van der Waals surface area (Å²) >= 11 is 0. The van der Waals surface area contributed by atoms with Crippen LogP contribution < -0.4 is 0 Å². The van der Waals surface area contributed by atoms with Crippen molar-refractivity contribution < 1.29 is 9.90 Å². The zero-order chi connectivity index (χ0) is 12.4. The van der Waals surface area contributed by atoms with Gasteiger partial charge in [0.05, 0.1) is 0 Å². The normalized spacial score (nSPS) is 24.7. The van der Waals surface area contributed by atoms with E-state index in [0.717, 1.165) is 13.1 Å². The van der Waals surface area contributed by atoms with E-state index in [9.17, 15) is 9.90 Å². The average Bonchev–Trinajstić information content (AvgIpc) is 2.28. The van der Waals surface area contributed by atoms with Crippen LogP contribution in [0.2, 0.25) is 0 Å². The number of likely N-dealkylation sites (tertiary alicyclic amines) is 1. The summed E-state index contributed by atoms with van der Waals surface area (Å²) in [7, 11) is 0. The fourth-order valence-corrected chi connectivity index (χ4v) is 2.62. The van der Waals surface area contributed by atoms with Crippen LogP contribution in [0.4, 0.5) is 0 Å². The van der Waals surface area contributed by atoms with Gasteiger partial charge in [-0.25, -0.2) is 0 Å². The van der Waals surface area contributed by atoms with Gasteiger partial charge in [0.25, 0.3) is 5.91 Å². The van der Waals surface area contributed by atoms with Gasteiger partial charge in [0.15, 0.2) is 0 Å². The largest absolute Gasteiger partial charge is 0.508 e. The van der Waals surface area contributed by atoms with E-state index in [1.807, 2.05) is 4.90 Å². The summed E-state index contributed by atoms with van der Waals surface area (Å²) in [6.45, 7) is 6.05. The number of aromatic hydroxyl groups is 1. The number of piperidine rings is 1. The van der Waals surface area contributed by atoms with Gasteiger partial charge in [0, 0.05) is 18.7 Å². The zero-order valence-corrected chi connectivity index (χ0v) is 10.4. The molecule has 1 aromatic carbocycles. The SMILES string of the molecule is CC1CC(C)CN(C(=O)c2ccc(O)cc2)C1. The molecule has 0 spiro atoms. The Bertz CT molecular complexity index is 389. The Kier molecular flexibility index (Phi) is 3.36. The lowest BCUT2D eigenvalue weighted by molar-refractivity contribution is 0.0623. The number of hydrogen-bond acceptors (Lipinski definition) is 2. The second-order valence-corrected chi connectivity index (χ2v) is 5.20. The van der Waals surface area contributed by atoms with E-state index < -0.39 is 0 Å². The summed E-state index contributed by atoms with van der Waals surface area (Å²) in [5, 5.41) is 9.21. The second-order valence-electron chi connectivity index (χ2n) is 5.20. The van der Waals surface area contributed by atoms with Crippen molar-refractivity contribution in [2.75, 3.05) is 13.1 Å². The molecule has 3 nitrogen and oxygen atoms in total. The van der Waals surface area contributed by atoms with Crippen molar-refractivity contribution in [3.63, 3.8) is 0 Å². The topological polar surface area (TPSA) is 40.5 Å². The molecule has 2 unspecified atom stereocenters. The molecule has 17 heavy (non-hydrogen) atoms. The van der Waals surface area contributed by atoms with E-state index in [1.165, 1.54) is 6.42 Å². The predicted molar refractivity (Wildman–Crippen MR) is 67.0 cm³/mol. The Morgan fingerprint density at radius 3 is 2.24 bits per heavy atom. The Hall–Kier alpha value is -1.51. The molecule has 1 N–H and O–H groups in total. The summed E-state index contributed by atoms with van der Waals surface area (Å²) < 4.78 is 0. The molecule has 0 aliphatic carbocycles. The molecule has 0 radical (unpaired) electrons. The highest BCUT2D eigenvalue weighted by Crippen LogP contribution is 2.22. The molecule has 3 heteroatoms. The monoisotopic (exact) mass is 233 g/mol. The maximum atomic E-state index is 12.2. The Morgan fingerprint density at radius 2 is 1.71 bits per heavy atom. The lowest BCUT2D eigenvalue weighted by Gasteiger charge is -2.35. The number of hydrogen-bond donors (Lipinski definition) is 1. The number of rotatable bonds is 1. The van der Waals surface area contributed by atoms with Crippen LogP contribution in [0, 0.1) is 11.8 Å². The first kappa shape index (κ1) is 12.0. The summed E-state index contributed by atoms with van der Waals surface area (Å²) in [6, 6.07) is 6.48. The van der Waals surface area contributed by atoms with Crippen molar-refractivity contribution >= 4 is 5.91 Å². The lowest BCUT2D eigenvalue weighted by atomic mass is 9.91. The molecule has 1 amide bonds. The molecule has 2 rings (SSSR count). The van der Waals surface area contributed by atoms with E-state index in [2.05, 4.69) is 13.8 Å². The third-order valence-corrected chi connectivity index (χ3v) is 3.27. The van der Waals surface area contributed by atoms with Crippen molar-refractivity contribution in [3.8, 4) is 5.75 Å². The summed E-state index contributed by atoms with van der Waals surface area (Å²) in [4.78, 5) is 14.2. The van der Waals surface area contributed by atoms with Crippen molar-refractivity contribution in [3.05, 3.63) is 29.8 Å². The van der Waals surface area contributed by atoms with E-state index in [1.54, 1.807) is 24.3 Å². The van der Waals surface area contributed by atoms with Gasteiger partial charge in [-0.3, -0.25) is 4.79 Å². The number of benzene rings is 1. The standard InChI is InChI=1S/C14H19NO2/c1-10-7-11(2)9-15(8-10)14(17)12-3-5-13(16)6-4-12/h3-6,10-11,16H,7-9H2,1-2H3. The first-order valence-corrected chi connectivity index (χ1v) is 6.14. The van der Waals surface area contributed by atoms with Gasteiger partial charge >= 0.3 is 0 Å². The van der Waals surface area contributed by atoms with Crippen LogP contribution in [0.1, 0.15) is 30.6 Å². The van der Waals surface area contributed by atoms with E-state index >= 15 is 0 Å². The quantitative estimate of drug-likeness (QED) is 0.809. The number of amides is 1. The minimum absolute atomic E-state index is 0.0726. The van der Waals surface area contributed by atoms with Crippen LogP contribution in [0.25, 0.3) is 0 Å². The highest BCUT2D eigenvalue weighted by molar-refractivity contribution is 5.94. The Balaban J connectivity index is 2.11. The Morgan fingerprint density at radius 1 is 1.18 bits per heavy atom. The van der Waals surface area contributed by atoms with Crippen molar-refractivity contribution in [2.24, 2.45) is 11.8 Å². The first-order valence-electron chi connectivity index (χ1n) is 6.14. The van der Waals surface area contributed by atoms with Crippen molar-refractivity contribution in [1.29, 1.82) is 0 Å². The molecule has 2 atom stereocenters. The molecule has 0 aromatic heterocycles. The third-order valence-electron chi connectivity index (χ3n) is 3.27. The molecule has 1 saturated heterocycles. The number of nitrogens with zero attached hydrogens (tertiary/aromatic N) is 1. The lowest BCUT2D eigenvalue weighted by Crippen LogP contribution is -2.42. The molecule has 0 bridgehead atoms. The van der Waals surface area contributed by atoms with Gasteiger partial charge in [0.2, 0.25) is 0 Å². The van der Waals surface area contributed by atoms with Crippen molar-refractivity contribution in [1.82, 2.24) is 4.90 Å². The van der Waals surface area contributed by atoms with Crippen LogP contribution in [-0.4, -0.2) is 29.0 Å². The number of phenols is 1. The number of phenolic OH excluding ortho intramolecular Hbond substituents is 1. The van der Waals surface area contributed by atoms with Crippen LogP contribution in [-0.2, 0) is 0 Å². The van der Waals surface area contributed by atoms with Crippen LogP contribution >= 0.6 is 0 Å². The van der Waals surface area contributed by atoms with Gasteiger partial charge in [-0.1, -0.05) is 13.8 Å². The molecule has 0 saturated carbocycles. The molecule has 92 valence electrons. The van der Waals surface area contributed by atoms with Gasteiger partial charge in [-0.05, 0) is 42.5 Å². The van der Waals surface area contributed by atoms with Crippen LogP contribution in [0.3, 0.4) is 0 Å². The van der Waals surface area contributed by atoms with Crippen LogP contribution in [0.15, 0.2) is 24.3 Å². The molecule has 1 aliphatic heterocycles. The molecule has 1 fully saturated rings. The maximum absolute atomic E-state index is 12.2. The zero-order valence-electron chi connectivity index (χ0n) is 10.4. The molecular formula is C14H19NO2. The number of carbonyl (C=O) groups excluding carboxylic acids is 1. The molecule has 1 aromatic rings. The minimum Gasteiger partial charge on any atom is -0.508 e. The van der Waals surface area contributed by atoms with Gasteiger partial charge in [-0.15, -0.1) is 0 Å². The van der Waals surface area contributed by atoms with Crippen molar-refractivity contribution in [2.45, 2.75) is 20.3 Å². The fourth-order valence-electron chi connectivity index (χ4n) is 2.62. The highest BCUT2D eigenvalue weighted by Gasteiger charge is 2.25. The molecular weight excluding hydrogens is 214 g/mol.